The number of anilines is 1. The second-order valence-electron chi connectivity index (χ2n) is 5.16. The summed E-state index contributed by atoms with van der Waals surface area (Å²) in [4.78, 5) is 15.5. The lowest BCUT2D eigenvalue weighted by atomic mass is 9.87. The van der Waals surface area contributed by atoms with Gasteiger partial charge in [-0.3, -0.25) is 4.79 Å². The minimum absolute atomic E-state index is 0.106. The van der Waals surface area contributed by atoms with Crippen LogP contribution in [0.2, 0.25) is 0 Å². The van der Waals surface area contributed by atoms with E-state index in [2.05, 4.69) is 31.1 Å². The number of amides is 1. The smallest absolute Gasteiger partial charge is 0.277 e. The highest BCUT2D eigenvalue weighted by atomic mass is 16.3. The Morgan fingerprint density at radius 3 is 2.39 bits per heavy atom. The molecule has 1 aromatic heterocycles. The predicted molar refractivity (Wildman–Crippen MR) is 69.6 cm³/mol. The summed E-state index contributed by atoms with van der Waals surface area (Å²) in [5.41, 5.74) is 2.35. The van der Waals surface area contributed by atoms with Crippen LogP contribution in [0.4, 0.5) is 5.69 Å². The van der Waals surface area contributed by atoms with Crippen LogP contribution in [0.15, 0.2) is 41.3 Å². The molecule has 2 rings (SSSR count). The van der Waals surface area contributed by atoms with Crippen LogP contribution in [0.1, 0.15) is 36.8 Å². The third-order valence-corrected chi connectivity index (χ3v) is 2.67. The van der Waals surface area contributed by atoms with Crippen molar-refractivity contribution >= 4 is 11.6 Å². The average molecular weight is 244 g/mol. The van der Waals surface area contributed by atoms with Crippen LogP contribution in [0.25, 0.3) is 0 Å². The second kappa shape index (κ2) is 4.64. The molecule has 0 radical (unpaired) electrons. The molecule has 0 saturated heterocycles. The molecular weight excluding hydrogens is 228 g/mol. The van der Waals surface area contributed by atoms with E-state index in [1.807, 2.05) is 24.3 Å². The SMILES string of the molecule is CC(C)(C)c1ccc(NC(=O)c2cocn2)cc1. The standard InChI is InChI=1S/C14H16N2O2/c1-14(2,3)10-4-6-11(7-5-10)16-13(17)12-8-18-9-15-12/h4-9H,1-3H3,(H,16,17). The van der Waals surface area contributed by atoms with Crippen LogP contribution in [-0.4, -0.2) is 10.9 Å². The van der Waals surface area contributed by atoms with Crippen molar-refractivity contribution in [2.24, 2.45) is 0 Å². The van der Waals surface area contributed by atoms with Gasteiger partial charge in [0.15, 0.2) is 12.1 Å². The van der Waals surface area contributed by atoms with Crippen molar-refractivity contribution in [2.45, 2.75) is 26.2 Å². The first-order valence-corrected chi connectivity index (χ1v) is 5.77. The highest BCUT2D eigenvalue weighted by Crippen LogP contribution is 2.23. The number of hydrogen-bond donors (Lipinski definition) is 1. The van der Waals surface area contributed by atoms with Gasteiger partial charge in [0, 0.05) is 5.69 Å². The second-order valence-corrected chi connectivity index (χ2v) is 5.16. The van der Waals surface area contributed by atoms with E-state index in [0.717, 1.165) is 5.69 Å². The summed E-state index contributed by atoms with van der Waals surface area (Å²) in [7, 11) is 0. The lowest BCUT2D eigenvalue weighted by Gasteiger charge is -2.19. The summed E-state index contributed by atoms with van der Waals surface area (Å²) in [6.45, 7) is 6.45. The van der Waals surface area contributed by atoms with Gasteiger partial charge in [0.05, 0.1) is 0 Å². The number of nitrogens with zero attached hydrogens (tertiary/aromatic N) is 1. The van der Waals surface area contributed by atoms with E-state index in [9.17, 15) is 4.79 Å². The van der Waals surface area contributed by atoms with Gasteiger partial charge in [-0.05, 0) is 23.1 Å². The summed E-state index contributed by atoms with van der Waals surface area (Å²) < 4.78 is 4.77. The number of nitrogens with one attached hydrogen (secondary N) is 1. The molecule has 0 aliphatic rings. The van der Waals surface area contributed by atoms with Crippen molar-refractivity contribution in [1.82, 2.24) is 4.98 Å². The number of carbonyl (C=O) groups excluding carboxylic acids is 1. The molecule has 0 fully saturated rings. The monoisotopic (exact) mass is 244 g/mol. The first kappa shape index (κ1) is 12.4. The molecule has 0 aliphatic carbocycles. The quantitative estimate of drug-likeness (QED) is 0.882. The van der Waals surface area contributed by atoms with Gasteiger partial charge in [0.2, 0.25) is 0 Å². The number of hydrogen-bond acceptors (Lipinski definition) is 3. The molecule has 1 aromatic carbocycles. The van der Waals surface area contributed by atoms with E-state index in [1.165, 1.54) is 18.2 Å². The number of rotatable bonds is 2. The number of aromatic nitrogens is 1. The molecule has 4 heteroatoms. The summed E-state index contributed by atoms with van der Waals surface area (Å²) >= 11 is 0. The maximum Gasteiger partial charge on any atom is 0.277 e. The fourth-order valence-corrected chi connectivity index (χ4v) is 1.57. The Kier molecular flexibility index (Phi) is 3.19. The van der Waals surface area contributed by atoms with Crippen molar-refractivity contribution in [3.8, 4) is 0 Å². The summed E-state index contributed by atoms with van der Waals surface area (Å²) in [6.07, 6.45) is 2.55. The first-order valence-electron chi connectivity index (χ1n) is 5.77. The highest BCUT2D eigenvalue weighted by Gasteiger charge is 2.13. The van der Waals surface area contributed by atoms with E-state index in [1.54, 1.807) is 0 Å². The van der Waals surface area contributed by atoms with Gasteiger partial charge in [-0.2, -0.15) is 0 Å². The lowest BCUT2D eigenvalue weighted by molar-refractivity contribution is 0.102. The molecule has 0 spiro atoms. The number of carbonyl (C=O) groups is 1. The molecule has 4 nitrogen and oxygen atoms in total. The van der Waals surface area contributed by atoms with Crippen molar-refractivity contribution in [2.75, 3.05) is 5.32 Å². The van der Waals surface area contributed by atoms with Gasteiger partial charge in [0.25, 0.3) is 5.91 Å². The topological polar surface area (TPSA) is 55.1 Å². The fourth-order valence-electron chi connectivity index (χ4n) is 1.57. The summed E-state index contributed by atoms with van der Waals surface area (Å²) in [5, 5.41) is 2.76. The number of oxazole rings is 1. The molecule has 1 heterocycles. The first-order chi connectivity index (χ1) is 8.47. The Labute approximate surface area is 106 Å². The Morgan fingerprint density at radius 2 is 1.89 bits per heavy atom. The van der Waals surface area contributed by atoms with Crippen LogP contribution in [0.3, 0.4) is 0 Å². The van der Waals surface area contributed by atoms with Gasteiger partial charge < -0.3 is 9.73 Å². The minimum atomic E-state index is -0.271. The third-order valence-electron chi connectivity index (χ3n) is 2.67. The zero-order valence-corrected chi connectivity index (χ0v) is 10.7. The van der Waals surface area contributed by atoms with Crippen LogP contribution in [-0.2, 0) is 5.41 Å². The summed E-state index contributed by atoms with van der Waals surface area (Å²) in [5.74, 6) is -0.271. The predicted octanol–water partition coefficient (Wildman–Crippen LogP) is 3.22. The van der Waals surface area contributed by atoms with Gasteiger partial charge in [-0.15, -0.1) is 0 Å². The van der Waals surface area contributed by atoms with Crippen molar-refractivity contribution in [1.29, 1.82) is 0 Å². The average Bonchev–Trinajstić information content (AvgIpc) is 2.82. The molecule has 0 saturated carbocycles. The Balaban J connectivity index is 2.09. The fraction of sp³-hybridized carbons (Fsp3) is 0.286. The minimum Gasteiger partial charge on any atom is -0.451 e. The van der Waals surface area contributed by atoms with Gasteiger partial charge in [-0.25, -0.2) is 4.98 Å². The highest BCUT2D eigenvalue weighted by molar-refractivity contribution is 6.02. The molecule has 0 bridgehead atoms. The van der Waals surface area contributed by atoms with Crippen LogP contribution >= 0.6 is 0 Å². The third kappa shape index (κ3) is 2.77. The molecule has 1 amide bonds. The van der Waals surface area contributed by atoms with E-state index >= 15 is 0 Å². The largest absolute Gasteiger partial charge is 0.451 e. The molecule has 0 atom stereocenters. The molecule has 2 aromatic rings. The van der Waals surface area contributed by atoms with Gasteiger partial charge >= 0.3 is 0 Å². The zero-order chi connectivity index (χ0) is 13.2. The van der Waals surface area contributed by atoms with Crippen LogP contribution in [0, 0.1) is 0 Å². The molecule has 1 N–H and O–H groups in total. The van der Waals surface area contributed by atoms with E-state index in [-0.39, 0.29) is 17.0 Å². The van der Waals surface area contributed by atoms with Crippen LogP contribution in [0.5, 0.6) is 0 Å². The maximum atomic E-state index is 11.7. The lowest BCUT2D eigenvalue weighted by Crippen LogP contribution is -2.13. The van der Waals surface area contributed by atoms with E-state index < -0.39 is 0 Å². The van der Waals surface area contributed by atoms with E-state index in [0.29, 0.717) is 0 Å². The Bertz CT molecular complexity index is 522. The zero-order valence-electron chi connectivity index (χ0n) is 10.7. The normalized spacial score (nSPS) is 11.3. The van der Waals surface area contributed by atoms with Crippen LogP contribution < -0.4 is 5.32 Å². The van der Waals surface area contributed by atoms with E-state index in [4.69, 9.17) is 4.42 Å². The molecule has 18 heavy (non-hydrogen) atoms. The Morgan fingerprint density at radius 1 is 1.22 bits per heavy atom. The van der Waals surface area contributed by atoms with Crippen molar-refractivity contribution in [3.05, 3.63) is 48.2 Å². The number of benzene rings is 1. The summed E-state index contributed by atoms with van der Waals surface area (Å²) in [6, 6.07) is 7.80. The molecule has 0 aliphatic heterocycles. The Hall–Kier alpha value is -2.10. The van der Waals surface area contributed by atoms with Crippen molar-refractivity contribution in [3.63, 3.8) is 0 Å². The van der Waals surface area contributed by atoms with Gasteiger partial charge in [-0.1, -0.05) is 32.9 Å². The molecular formula is C14H16N2O2. The maximum absolute atomic E-state index is 11.7. The molecule has 0 unspecified atom stereocenters. The van der Waals surface area contributed by atoms with Gasteiger partial charge in [0.1, 0.15) is 6.26 Å². The van der Waals surface area contributed by atoms with Crippen molar-refractivity contribution < 1.29 is 9.21 Å². The molecule has 94 valence electrons.